The molecule has 0 fully saturated rings. The largest absolute Gasteiger partial charge is 0.426 e. The Balaban J connectivity index is 1.77. The number of benzene rings is 3. The van der Waals surface area contributed by atoms with Crippen LogP contribution in [0.5, 0.6) is 5.75 Å². The number of carbonyl (C=O) groups excluding carboxylic acids is 1. The number of ether oxygens (including phenoxy) is 1. The Morgan fingerprint density at radius 3 is 1.96 bits per heavy atom. The van der Waals surface area contributed by atoms with E-state index in [0.717, 1.165) is 26.1 Å². The average molecular weight is 441 g/mol. The molecule has 0 amide bonds. The van der Waals surface area contributed by atoms with Crippen LogP contribution in [0, 0.1) is 3.57 Å². The second-order valence-electron chi connectivity index (χ2n) is 5.98. The molecule has 4 heteroatoms. The molecule has 0 atom stereocenters. The van der Waals surface area contributed by atoms with E-state index in [4.69, 9.17) is 4.74 Å². The van der Waals surface area contributed by atoms with E-state index >= 15 is 0 Å². The van der Waals surface area contributed by atoms with Gasteiger partial charge in [0.2, 0.25) is 0 Å². The van der Waals surface area contributed by atoms with Gasteiger partial charge in [-0.15, -0.1) is 0 Å². The van der Waals surface area contributed by atoms with E-state index in [1.54, 1.807) is 0 Å². The summed E-state index contributed by atoms with van der Waals surface area (Å²) < 4.78 is 6.80. The molecular formula is C21H16INO2. The third-order valence-corrected chi connectivity index (χ3v) is 5.21. The Kier molecular flexibility index (Phi) is 4.21. The normalized spacial score (nSPS) is 13.1. The van der Waals surface area contributed by atoms with Crippen LogP contribution < -0.4 is 9.64 Å². The van der Waals surface area contributed by atoms with Gasteiger partial charge in [0, 0.05) is 22.0 Å². The number of para-hydroxylation sites is 2. The van der Waals surface area contributed by atoms with Crippen LogP contribution >= 0.6 is 22.6 Å². The van der Waals surface area contributed by atoms with E-state index in [0.29, 0.717) is 5.75 Å². The quantitative estimate of drug-likeness (QED) is 0.315. The van der Waals surface area contributed by atoms with E-state index in [2.05, 4.69) is 27.5 Å². The summed E-state index contributed by atoms with van der Waals surface area (Å²) in [6.07, 6.45) is 0. The highest BCUT2D eigenvalue weighted by Gasteiger charge is 2.34. The minimum Gasteiger partial charge on any atom is -0.426 e. The molecule has 25 heavy (non-hydrogen) atoms. The zero-order valence-electron chi connectivity index (χ0n) is 13.6. The van der Waals surface area contributed by atoms with Crippen LogP contribution in [0.25, 0.3) is 0 Å². The fraction of sp³-hybridized carbons (Fsp3) is 0.0952. The second kappa shape index (κ2) is 6.52. The minimum absolute atomic E-state index is 0.255. The molecule has 4 rings (SSSR count). The van der Waals surface area contributed by atoms with Crippen LogP contribution in [0.1, 0.15) is 17.0 Å². The number of rotatable bonds is 2. The lowest BCUT2D eigenvalue weighted by atomic mass is 9.85. The van der Waals surface area contributed by atoms with E-state index in [9.17, 15) is 4.79 Å². The zero-order chi connectivity index (χ0) is 17.4. The van der Waals surface area contributed by atoms with Crippen molar-refractivity contribution in [3.8, 4) is 5.75 Å². The molecule has 0 radical (unpaired) electrons. The van der Waals surface area contributed by atoms with Crippen LogP contribution in [0.15, 0.2) is 72.8 Å². The third kappa shape index (κ3) is 2.91. The second-order valence-corrected chi connectivity index (χ2v) is 7.23. The molecule has 1 heterocycles. The Morgan fingerprint density at radius 1 is 0.880 bits per heavy atom. The van der Waals surface area contributed by atoms with Gasteiger partial charge in [0.1, 0.15) is 11.7 Å². The number of anilines is 2. The first kappa shape index (κ1) is 16.1. The Bertz CT molecular complexity index is 889. The number of halogens is 1. The number of fused-ring (bicyclic) bond motifs is 2. The lowest BCUT2D eigenvalue weighted by Gasteiger charge is -2.34. The van der Waals surface area contributed by atoms with Gasteiger partial charge in [-0.1, -0.05) is 36.4 Å². The first-order valence-corrected chi connectivity index (χ1v) is 9.12. The van der Waals surface area contributed by atoms with Gasteiger partial charge in [-0.3, -0.25) is 4.79 Å². The number of esters is 1. The van der Waals surface area contributed by atoms with E-state index in [1.165, 1.54) is 0 Å². The van der Waals surface area contributed by atoms with Gasteiger partial charge in [-0.2, -0.15) is 0 Å². The van der Waals surface area contributed by atoms with E-state index in [1.807, 2.05) is 79.8 Å². The predicted octanol–water partition coefficient (Wildman–Crippen LogP) is 5.11. The Hall–Kier alpha value is -2.34. The molecule has 0 spiro atoms. The van der Waals surface area contributed by atoms with Crippen molar-refractivity contribution in [2.45, 2.75) is 5.92 Å². The van der Waals surface area contributed by atoms with Gasteiger partial charge in [0.15, 0.2) is 0 Å². The van der Waals surface area contributed by atoms with Gasteiger partial charge in [-0.05, 0) is 70.1 Å². The smallest absolute Gasteiger partial charge is 0.323 e. The van der Waals surface area contributed by atoms with Gasteiger partial charge < -0.3 is 9.64 Å². The Labute approximate surface area is 160 Å². The predicted molar refractivity (Wildman–Crippen MR) is 108 cm³/mol. The maximum atomic E-state index is 13.0. The summed E-state index contributed by atoms with van der Waals surface area (Å²) in [4.78, 5) is 15.2. The highest BCUT2D eigenvalue weighted by molar-refractivity contribution is 14.1. The molecule has 0 unspecified atom stereocenters. The molecule has 3 aromatic rings. The SMILES string of the molecule is CN1c2ccccc2C(C(=O)Oc2ccc(I)cc2)c2ccccc21. The fourth-order valence-electron chi connectivity index (χ4n) is 3.30. The van der Waals surface area contributed by atoms with Crippen LogP contribution in [-0.2, 0) is 4.79 Å². The standard InChI is InChI=1S/C21H16INO2/c1-23-18-8-4-2-6-16(18)20(17-7-3-5-9-19(17)23)21(24)25-15-12-10-14(22)11-13-15/h2-13,20H,1H3. The summed E-state index contributed by atoms with van der Waals surface area (Å²) in [5, 5.41) is 0. The van der Waals surface area contributed by atoms with Crippen molar-refractivity contribution in [2.75, 3.05) is 11.9 Å². The lowest BCUT2D eigenvalue weighted by Crippen LogP contribution is -2.28. The molecule has 1 aliphatic heterocycles. The first-order chi connectivity index (χ1) is 12.1. The molecule has 0 aromatic heterocycles. The minimum atomic E-state index is -0.428. The van der Waals surface area contributed by atoms with Gasteiger partial charge in [0.25, 0.3) is 0 Å². The van der Waals surface area contributed by atoms with Crippen molar-refractivity contribution in [2.24, 2.45) is 0 Å². The molecule has 3 aromatic carbocycles. The third-order valence-electron chi connectivity index (χ3n) is 4.49. The van der Waals surface area contributed by atoms with Gasteiger partial charge >= 0.3 is 5.97 Å². The highest BCUT2D eigenvalue weighted by atomic mass is 127. The average Bonchev–Trinajstić information content (AvgIpc) is 2.64. The molecule has 0 saturated heterocycles. The van der Waals surface area contributed by atoms with E-state index < -0.39 is 5.92 Å². The topological polar surface area (TPSA) is 29.5 Å². The maximum absolute atomic E-state index is 13.0. The van der Waals surface area contributed by atoms with Crippen molar-refractivity contribution < 1.29 is 9.53 Å². The first-order valence-electron chi connectivity index (χ1n) is 8.04. The Morgan fingerprint density at radius 2 is 1.40 bits per heavy atom. The number of hydrogen-bond donors (Lipinski definition) is 0. The van der Waals surface area contributed by atoms with Crippen LogP contribution in [0.3, 0.4) is 0 Å². The monoisotopic (exact) mass is 441 g/mol. The van der Waals surface area contributed by atoms with Crippen molar-refractivity contribution in [1.29, 1.82) is 0 Å². The van der Waals surface area contributed by atoms with Crippen molar-refractivity contribution in [3.63, 3.8) is 0 Å². The van der Waals surface area contributed by atoms with Gasteiger partial charge in [0.05, 0.1) is 0 Å². The maximum Gasteiger partial charge on any atom is 0.323 e. The fourth-order valence-corrected chi connectivity index (χ4v) is 3.66. The molecule has 0 bridgehead atoms. The summed E-state index contributed by atoms with van der Waals surface area (Å²) in [6, 6.07) is 23.5. The van der Waals surface area contributed by atoms with Crippen LogP contribution in [0.2, 0.25) is 0 Å². The molecule has 0 saturated carbocycles. The molecule has 0 N–H and O–H groups in total. The molecular weight excluding hydrogens is 425 g/mol. The van der Waals surface area contributed by atoms with Gasteiger partial charge in [-0.25, -0.2) is 0 Å². The summed E-state index contributed by atoms with van der Waals surface area (Å²) in [5.41, 5.74) is 4.01. The molecule has 0 aliphatic carbocycles. The zero-order valence-corrected chi connectivity index (χ0v) is 15.8. The van der Waals surface area contributed by atoms with Crippen molar-refractivity contribution in [1.82, 2.24) is 0 Å². The van der Waals surface area contributed by atoms with Crippen molar-refractivity contribution in [3.05, 3.63) is 87.5 Å². The molecule has 3 nitrogen and oxygen atoms in total. The summed E-state index contributed by atoms with van der Waals surface area (Å²) >= 11 is 2.23. The number of hydrogen-bond acceptors (Lipinski definition) is 3. The summed E-state index contributed by atoms with van der Waals surface area (Å²) in [7, 11) is 2.03. The molecule has 1 aliphatic rings. The number of carbonyl (C=O) groups is 1. The van der Waals surface area contributed by atoms with Crippen molar-refractivity contribution >= 4 is 39.9 Å². The van der Waals surface area contributed by atoms with E-state index in [-0.39, 0.29) is 5.97 Å². The number of nitrogens with zero attached hydrogens (tertiary/aromatic N) is 1. The lowest BCUT2D eigenvalue weighted by molar-refractivity contribution is -0.135. The summed E-state index contributed by atoms with van der Waals surface area (Å²) in [5.74, 6) is -0.114. The summed E-state index contributed by atoms with van der Waals surface area (Å²) in [6.45, 7) is 0. The van der Waals surface area contributed by atoms with Crippen LogP contribution in [0.4, 0.5) is 11.4 Å². The van der Waals surface area contributed by atoms with Crippen LogP contribution in [-0.4, -0.2) is 13.0 Å². The highest BCUT2D eigenvalue weighted by Crippen LogP contribution is 2.44. The molecule has 124 valence electrons.